The Labute approximate surface area is 283 Å². The van der Waals surface area contributed by atoms with Crippen LogP contribution in [0.4, 0.5) is 26.3 Å². The number of nitrogens with zero attached hydrogens (tertiary/aromatic N) is 2. The molecule has 0 radical (unpaired) electrons. The molecular weight excluding hydrogens is 634 g/mol. The van der Waals surface area contributed by atoms with Gasteiger partial charge >= 0.3 is 12.4 Å². The van der Waals surface area contributed by atoms with Gasteiger partial charge in [-0.15, -0.1) is 0 Å². The Hall–Kier alpha value is -4.20. The maximum Gasteiger partial charge on any atom is 0.411 e. The fraction of sp³-hybridized carbons (Fsp3) is 0.366. The molecule has 260 valence electrons. The normalized spacial score (nSPS) is 13.6. The average Bonchev–Trinajstić information content (AvgIpc) is 3.34. The van der Waals surface area contributed by atoms with E-state index in [4.69, 9.17) is 0 Å². The number of fused-ring (bicyclic) bond motifs is 2. The van der Waals surface area contributed by atoms with Crippen LogP contribution in [0.25, 0.3) is 53.5 Å². The minimum atomic E-state index is -5.77. The molecule has 0 saturated carbocycles. The van der Waals surface area contributed by atoms with Crippen LogP contribution in [-0.4, -0.2) is 21.5 Å². The zero-order valence-corrected chi connectivity index (χ0v) is 30.0. The molecule has 0 aliphatic heterocycles. The fourth-order valence-electron chi connectivity index (χ4n) is 8.16. The lowest BCUT2D eigenvalue weighted by Gasteiger charge is -2.38. The zero-order valence-electron chi connectivity index (χ0n) is 30.0. The summed E-state index contributed by atoms with van der Waals surface area (Å²) < 4.78 is 95.9. The van der Waals surface area contributed by atoms with Gasteiger partial charge in [0.15, 0.2) is 0 Å². The minimum Gasteiger partial charge on any atom is -0.336 e. The molecule has 0 unspecified atom stereocenters. The van der Waals surface area contributed by atoms with E-state index in [1.165, 1.54) is 17.7 Å². The predicted octanol–water partition coefficient (Wildman–Crippen LogP) is 8.92. The van der Waals surface area contributed by atoms with Gasteiger partial charge in [-0.05, 0) is 105 Å². The van der Waals surface area contributed by atoms with Crippen LogP contribution in [-0.2, 0) is 16.4 Å². The SMILES string of the molecule is C=c1c2ccc(C(c3ccc4c(=C)n(C(C)(C)C)c(=C)c4c3)(C(F)(F)F)C(F)(F)F)cc2c(=C)n1-c1c(C)c(C)c(C(C)(C)C)c(C)c1C. The minimum absolute atomic E-state index is 0.153. The Kier molecular flexibility index (Phi) is 8.03. The Morgan fingerprint density at radius 1 is 0.510 bits per heavy atom. The first-order chi connectivity index (χ1) is 22.2. The molecule has 2 nitrogen and oxygen atoms in total. The summed E-state index contributed by atoms with van der Waals surface area (Å²) in [4.78, 5) is 0. The van der Waals surface area contributed by atoms with Crippen molar-refractivity contribution in [2.45, 2.75) is 98.0 Å². The highest BCUT2D eigenvalue weighted by Crippen LogP contribution is 2.56. The van der Waals surface area contributed by atoms with Gasteiger partial charge in [0, 0.05) is 48.5 Å². The van der Waals surface area contributed by atoms with Gasteiger partial charge < -0.3 is 9.13 Å². The standard InChI is InChI=1S/C41H44F6N2/c1-21-23(3)36(24(4)22(2)35(21)37(9,10)11)48-25(5)31-17-15-29(19-33(31)26(48)6)39(40(42,43)44,41(45,46)47)30-16-18-32-27(7)49(38(12,13)14)28(8)34(32)20-30/h15-20H,5-8H2,1-4,9-14H3. The van der Waals surface area contributed by atoms with E-state index in [0.29, 0.717) is 21.5 Å². The molecule has 0 saturated heterocycles. The van der Waals surface area contributed by atoms with E-state index in [0.717, 1.165) is 52.2 Å². The van der Waals surface area contributed by atoms with Crippen LogP contribution < -0.4 is 21.4 Å². The smallest absolute Gasteiger partial charge is 0.336 e. The number of aromatic nitrogens is 2. The molecular formula is C41H44F6N2. The van der Waals surface area contributed by atoms with Crippen molar-refractivity contribution in [3.63, 3.8) is 0 Å². The summed E-state index contributed by atoms with van der Waals surface area (Å²) >= 11 is 0. The summed E-state index contributed by atoms with van der Waals surface area (Å²) in [6, 6.07) is 6.37. The van der Waals surface area contributed by atoms with Crippen molar-refractivity contribution >= 4 is 47.9 Å². The molecule has 0 bridgehead atoms. The van der Waals surface area contributed by atoms with Gasteiger partial charge in [0.2, 0.25) is 5.41 Å². The van der Waals surface area contributed by atoms with Crippen LogP contribution in [0.1, 0.15) is 80.5 Å². The van der Waals surface area contributed by atoms with Gasteiger partial charge in [-0.25, -0.2) is 0 Å². The molecule has 0 aliphatic carbocycles. The molecule has 5 aromatic rings. The number of benzene rings is 3. The van der Waals surface area contributed by atoms with Crippen LogP contribution in [0, 0.1) is 27.7 Å². The monoisotopic (exact) mass is 678 g/mol. The van der Waals surface area contributed by atoms with Crippen molar-refractivity contribution in [3.8, 4) is 5.69 Å². The van der Waals surface area contributed by atoms with Crippen LogP contribution in [0.15, 0.2) is 36.4 Å². The van der Waals surface area contributed by atoms with E-state index in [9.17, 15) is 0 Å². The highest BCUT2D eigenvalue weighted by Gasteiger charge is 2.72. The Morgan fingerprint density at radius 2 is 0.878 bits per heavy atom. The topological polar surface area (TPSA) is 9.86 Å². The third-order valence-electron chi connectivity index (χ3n) is 10.3. The molecule has 49 heavy (non-hydrogen) atoms. The summed E-state index contributed by atoms with van der Waals surface area (Å²) in [6.07, 6.45) is -11.5. The van der Waals surface area contributed by atoms with E-state index in [-0.39, 0.29) is 26.9 Å². The van der Waals surface area contributed by atoms with Crippen LogP contribution >= 0.6 is 0 Å². The molecule has 0 spiro atoms. The second kappa shape index (κ2) is 10.9. The van der Waals surface area contributed by atoms with Crippen LogP contribution in [0.3, 0.4) is 0 Å². The molecule has 0 N–H and O–H groups in total. The Balaban J connectivity index is 1.88. The van der Waals surface area contributed by atoms with Crippen molar-refractivity contribution in [2.24, 2.45) is 0 Å². The van der Waals surface area contributed by atoms with E-state index in [1.54, 1.807) is 9.13 Å². The van der Waals surface area contributed by atoms with Crippen molar-refractivity contribution < 1.29 is 26.3 Å². The molecule has 8 heteroatoms. The molecule has 0 amide bonds. The first-order valence-electron chi connectivity index (χ1n) is 16.1. The first-order valence-corrected chi connectivity index (χ1v) is 16.1. The number of alkyl halides is 6. The zero-order chi connectivity index (χ0) is 37.1. The Bertz CT molecular complexity index is 2340. The lowest BCUT2D eigenvalue weighted by Crippen LogP contribution is -2.54. The van der Waals surface area contributed by atoms with Crippen molar-refractivity contribution in [2.75, 3.05) is 0 Å². The lowest BCUT2D eigenvalue weighted by atomic mass is 9.72. The highest BCUT2D eigenvalue weighted by atomic mass is 19.4. The molecule has 2 aromatic heterocycles. The predicted molar refractivity (Wildman–Crippen MR) is 191 cm³/mol. The quantitative estimate of drug-likeness (QED) is 0.169. The average molecular weight is 679 g/mol. The van der Waals surface area contributed by atoms with Crippen LogP contribution in [0.5, 0.6) is 0 Å². The van der Waals surface area contributed by atoms with Crippen molar-refractivity contribution in [1.82, 2.24) is 9.13 Å². The van der Waals surface area contributed by atoms with Gasteiger partial charge in [0.1, 0.15) is 0 Å². The second-order valence-electron chi connectivity index (χ2n) is 15.4. The first kappa shape index (κ1) is 36.1. The molecule has 0 fully saturated rings. The summed E-state index contributed by atoms with van der Waals surface area (Å²) in [5.74, 6) is 0. The maximum absolute atomic E-state index is 15.4. The summed E-state index contributed by atoms with van der Waals surface area (Å²) in [6.45, 7) is 36.5. The third kappa shape index (κ3) is 4.99. The number of hydrogen-bond acceptors (Lipinski definition) is 0. The maximum atomic E-state index is 15.4. The Morgan fingerprint density at radius 3 is 1.27 bits per heavy atom. The van der Waals surface area contributed by atoms with Gasteiger partial charge in [-0.2, -0.15) is 26.3 Å². The largest absolute Gasteiger partial charge is 0.411 e. The third-order valence-corrected chi connectivity index (χ3v) is 10.3. The summed E-state index contributed by atoms with van der Waals surface area (Å²) in [5.41, 5.74) is -1.03. The van der Waals surface area contributed by atoms with E-state index >= 15 is 26.3 Å². The number of hydrogen-bond donors (Lipinski definition) is 0. The fourth-order valence-corrected chi connectivity index (χ4v) is 8.16. The van der Waals surface area contributed by atoms with Crippen molar-refractivity contribution in [1.29, 1.82) is 0 Å². The van der Waals surface area contributed by atoms with Gasteiger partial charge in [0.25, 0.3) is 0 Å². The van der Waals surface area contributed by atoms with E-state index < -0.39 is 34.4 Å². The highest BCUT2D eigenvalue weighted by molar-refractivity contribution is 5.87. The molecule has 0 atom stereocenters. The summed E-state index contributed by atoms with van der Waals surface area (Å²) in [5, 5.41) is 2.62. The van der Waals surface area contributed by atoms with E-state index in [1.807, 2.05) is 48.5 Å². The summed E-state index contributed by atoms with van der Waals surface area (Å²) in [7, 11) is 0. The van der Waals surface area contributed by atoms with Crippen LogP contribution in [0.2, 0.25) is 0 Å². The van der Waals surface area contributed by atoms with Gasteiger partial charge in [-0.1, -0.05) is 71.4 Å². The molecule has 2 heterocycles. The van der Waals surface area contributed by atoms with Crippen molar-refractivity contribution in [3.05, 3.63) is 96.7 Å². The molecule has 3 aromatic carbocycles. The lowest BCUT2D eigenvalue weighted by molar-refractivity contribution is -0.288. The van der Waals surface area contributed by atoms with Gasteiger partial charge in [-0.3, -0.25) is 0 Å². The second-order valence-corrected chi connectivity index (χ2v) is 15.4. The molecule has 0 aliphatic rings. The van der Waals surface area contributed by atoms with Gasteiger partial charge in [0.05, 0.1) is 5.69 Å². The van der Waals surface area contributed by atoms with E-state index in [2.05, 4.69) is 47.1 Å². The number of halogens is 6. The number of rotatable bonds is 3. The molecule has 5 rings (SSSR count).